The van der Waals surface area contributed by atoms with E-state index in [-0.39, 0.29) is 30.4 Å². The Morgan fingerprint density at radius 3 is 2.31 bits per heavy atom. The first-order valence-electron chi connectivity index (χ1n) is 8.67. The van der Waals surface area contributed by atoms with Crippen molar-refractivity contribution in [3.05, 3.63) is 71.3 Å². The van der Waals surface area contributed by atoms with Gasteiger partial charge in [0.05, 0.1) is 25.4 Å². The summed E-state index contributed by atoms with van der Waals surface area (Å²) in [5, 5.41) is 21.3. The zero-order chi connectivity index (χ0) is 18.8. The molecule has 142 valence electrons. The molecule has 0 radical (unpaired) electrons. The Kier molecular flexibility index (Phi) is 8.64. The largest absolute Gasteiger partial charge is 0.393 e. The van der Waals surface area contributed by atoms with Crippen molar-refractivity contribution in [3.8, 4) is 0 Å². The number of ether oxygens (including phenoxy) is 1. The second-order valence-electron chi connectivity index (χ2n) is 6.23. The molecule has 2 unspecified atom stereocenters. The van der Waals surface area contributed by atoms with Gasteiger partial charge < -0.3 is 20.3 Å². The summed E-state index contributed by atoms with van der Waals surface area (Å²) >= 11 is 0. The van der Waals surface area contributed by atoms with E-state index >= 15 is 0 Å². The first kappa shape index (κ1) is 20.5. The van der Waals surface area contributed by atoms with Crippen molar-refractivity contribution in [2.75, 3.05) is 13.1 Å². The molecular weight excluding hydrogens is 340 g/mol. The molecule has 4 nitrogen and oxygen atoms in total. The van der Waals surface area contributed by atoms with Gasteiger partial charge in [0, 0.05) is 13.0 Å². The predicted octanol–water partition coefficient (Wildman–Crippen LogP) is 2.77. The molecule has 2 aromatic rings. The van der Waals surface area contributed by atoms with Gasteiger partial charge in [-0.2, -0.15) is 0 Å². The van der Waals surface area contributed by atoms with E-state index in [9.17, 15) is 13.9 Å². The van der Waals surface area contributed by atoms with Crippen LogP contribution >= 0.6 is 0 Å². The molecule has 2 aromatic carbocycles. The summed E-state index contributed by atoms with van der Waals surface area (Å²) in [5.74, 6) is -0.549. The van der Waals surface area contributed by atoms with E-state index in [1.165, 1.54) is 24.3 Å². The van der Waals surface area contributed by atoms with E-state index in [4.69, 9.17) is 9.84 Å². The van der Waals surface area contributed by atoms with Gasteiger partial charge in [-0.05, 0) is 48.4 Å². The van der Waals surface area contributed by atoms with E-state index in [0.29, 0.717) is 18.6 Å². The molecule has 2 atom stereocenters. The third-order valence-electron chi connectivity index (χ3n) is 4.01. The maximum Gasteiger partial charge on any atom is 0.123 e. The van der Waals surface area contributed by atoms with Gasteiger partial charge in [-0.15, -0.1) is 0 Å². The average Bonchev–Trinajstić information content (AvgIpc) is 2.84. The van der Waals surface area contributed by atoms with Crippen molar-refractivity contribution in [2.45, 2.75) is 38.3 Å². The molecule has 1 aliphatic rings. The van der Waals surface area contributed by atoms with Gasteiger partial charge in [0.2, 0.25) is 0 Å². The summed E-state index contributed by atoms with van der Waals surface area (Å²) in [6, 6.07) is 12.3. The standard InChI is InChI=1S/C13H18FNO2.C7H7FO/c14-11-3-1-2-10(6-11)9-17-13-7-12(16)4-5-15-8-13;8-7-3-1-2-6(4-7)5-9/h1-3,6,12-13,15-16H,4-5,7-9H2;1-4,9H,5H2. The fourth-order valence-corrected chi connectivity index (χ4v) is 2.64. The molecule has 1 saturated heterocycles. The lowest BCUT2D eigenvalue weighted by Crippen LogP contribution is -2.27. The van der Waals surface area contributed by atoms with Crippen molar-refractivity contribution in [2.24, 2.45) is 0 Å². The lowest BCUT2D eigenvalue weighted by Gasteiger charge is -2.17. The van der Waals surface area contributed by atoms with E-state index < -0.39 is 0 Å². The minimum Gasteiger partial charge on any atom is -0.393 e. The highest BCUT2D eigenvalue weighted by Gasteiger charge is 2.18. The van der Waals surface area contributed by atoms with Gasteiger partial charge in [-0.1, -0.05) is 24.3 Å². The molecule has 3 rings (SSSR count). The van der Waals surface area contributed by atoms with Gasteiger partial charge in [-0.3, -0.25) is 0 Å². The maximum absolute atomic E-state index is 13.0. The summed E-state index contributed by atoms with van der Waals surface area (Å²) in [4.78, 5) is 0. The number of hydrogen-bond donors (Lipinski definition) is 3. The highest BCUT2D eigenvalue weighted by molar-refractivity contribution is 5.15. The van der Waals surface area contributed by atoms with Crippen molar-refractivity contribution in [3.63, 3.8) is 0 Å². The molecule has 0 amide bonds. The Morgan fingerprint density at radius 2 is 1.69 bits per heavy atom. The van der Waals surface area contributed by atoms with Crippen molar-refractivity contribution >= 4 is 0 Å². The normalized spacial score (nSPS) is 20.0. The zero-order valence-corrected chi connectivity index (χ0v) is 14.6. The number of rotatable bonds is 4. The summed E-state index contributed by atoms with van der Waals surface area (Å²) < 4.78 is 30.9. The van der Waals surface area contributed by atoms with Crippen LogP contribution in [-0.2, 0) is 18.0 Å². The third-order valence-corrected chi connectivity index (χ3v) is 4.01. The van der Waals surface area contributed by atoms with Crippen molar-refractivity contribution in [1.29, 1.82) is 0 Å². The Bertz CT molecular complexity index is 669. The Labute approximate surface area is 152 Å². The number of aliphatic hydroxyl groups is 2. The highest BCUT2D eigenvalue weighted by atomic mass is 19.1. The lowest BCUT2D eigenvalue weighted by atomic mass is 10.1. The molecule has 3 N–H and O–H groups in total. The van der Waals surface area contributed by atoms with Crippen LogP contribution in [-0.4, -0.2) is 35.5 Å². The highest BCUT2D eigenvalue weighted by Crippen LogP contribution is 2.12. The number of halogens is 2. The van der Waals surface area contributed by atoms with Gasteiger partial charge in [0.25, 0.3) is 0 Å². The lowest BCUT2D eigenvalue weighted by molar-refractivity contribution is 0.0125. The van der Waals surface area contributed by atoms with Crippen molar-refractivity contribution in [1.82, 2.24) is 5.32 Å². The minimum absolute atomic E-state index is 0.00392. The van der Waals surface area contributed by atoms with E-state index in [1.54, 1.807) is 18.2 Å². The van der Waals surface area contributed by atoms with Crippen LogP contribution < -0.4 is 5.32 Å². The Balaban J connectivity index is 0.000000228. The fourth-order valence-electron chi connectivity index (χ4n) is 2.64. The van der Waals surface area contributed by atoms with Crippen LogP contribution in [0.5, 0.6) is 0 Å². The molecule has 0 aliphatic carbocycles. The average molecular weight is 365 g/mol. The molecule has 1 aliphatic heterocycles. The van der Waals surface area contributed by atoms with Gasteiger partial charge in [0.15, 0.2) is 0 Å². The summed E-state index contributed by atoms with van der Waals surface area (Å²) in [5.41, 5.74) is 1.43. The molecule has 26 heavy (non-hydrogen) atoms. The predicted molar refractivity (Wildman–Crippen MR) is 95.4 cm³/mol. The quantitative estimate of drug-likeness (QED) is 0.780. The van der Waals surface area contributed by atoms with Crippen LogP contribution in [0.4, 0.5) is 8.78 Å². The third kappa shape index (κ3) is 7.58. The number of hydrogen-bond acceptors (Lipinski definition) is 4. The van der Waals surface area contributed by atoms with Crippen LogP contribution in [0.15, 0.2) is 48.5 Å². The van der Waals surface area contributed by atoms with Crippen molar-refractivity contribution < 1.29 is 23.7 Å². The van der Waals surface area contributed by atoms with E-state index in [1.807, 2.05) is 6.07 Å². The minimum atomic E-state index is -0.304. The number of aliphatic hydroxyl groups excluding tert-OH is 2. The first-order valence-corrected chi connectivity index (χ1v) is 8.67. The second-order valence-corrected chi connectivity index (χ2v) is 6.23. The Hall–Kier alpha value is -1.86. The molecule has 1 heterocycles. The molecule has 0 bridgehead atoms. The van der Waals surface area contributed by atoms with Crippen LogP contribution in [0, 0.1) is 11.6 Å². The van der Waals surface area contributed by atoms with Crippen LogP contribution in [0.1, 0.15) is 24.0 Å². The molecule has 1 fully saturated rings. The van der Waals surface area contributed by atoms with Gasteiger partial charge in [-0.25, -0.2) is 8.78 Å². The Morgan fingerprint density at radius 1 is 1.04 bits per heavy atom. The summed E-state index contributed by atoms with van der Waals surface area (Å²) in [7, 11) is 0. The zero-order valence-electron chi connectivity index (χ0n) is 14.6. The number of nitrogens with one attached hydrogen (secondary N) is 1. The molecule has 0 saturated carbocycles. The summed E-state index contributed by atoms with van der Waals surface area (Å²) in [6.45, 7) is 1.85. The van der Waals surface area contributed by atoms with Gasteiger partial charge in [0.1, 0.15) is 11.6 Å². The van der Waals surface area contributed by atoms with Crippen LogP contribution in [0.3, 0.4) is 0 Å². The fraction of sp³-hybridized carbons (Fsp3) is 0.400. The maximum atomic E-state index is 13.0. The van der Waals surface area contributed by atoms with Crippen LogP contribution in [0.2, 0.25) is 0 Å². The summed E-state index contributed by atoms with van der Waals surface area (Å²) in [6.07, 6.45) is 1.10. The molecular formula is C20H25F2NO3. The SMILES string of the molecule is OC1CCNCC(OCc2cccc(F)c2)C1.OCc1cccc(F)c1. The van der Waals surface area contributed by atoms with E-state index in [2.05, 4.69) is 5.32 Å². The topological polar surface area (TPSA) is 61.7 Å². The second kappa shape index (κ2) is 11.0. The monoisotopic (exact) mass is 365 g/mol. The molecule has 6 heteroatoms. The van der Waals surface area contributed by atoms with Gasteiger partial charge >= 0.3 is 0 Å². The molecule has 0 aromatic heterocycles. The smallest absolute Gasteiger partial charge is 0.123 e. The number of benzene rings is 2. The van der Waals surface area contributed by atoms with E-state index in [0.717, 1.165) is 25.1 Å². The molecule has 0 spiro atoms. The first-order chi connectivity index (χ1) is 12.6. The van der Waals surface area contributed by atoms with Crippen LogP contribution in [0.25, 0.3) is 0 Å².